The monoisotopic (exact) mass is 364 g/mol. The zero-order valence-electron chi connectivity index (χ0n) is 13.7. The summed E-state index contributed by atoms with van der Waals surface area (Å²) >= 11 is 1.26. The smallest absolute Gasteiger partial charge is 0.250 e. The summed E-state index contributed by atoms with van der Waals surface area (Å²) in [6.45, 7) is 2.56. The highest BCUT2D eigenvalue weighted by molar-refractivity contribution is 7.91. The van der Waals surface area contributed by atoms with Gasteiger partial charge in [-0.2, -0.15) is 0 Å². The molecular weight excluding hydrogens is 340 g/mol. The molecule has 1 aromatic heterocycles. The van der Waals surface area contributed by atoms with Crippen molar-refractivity contribution < 1.29 is 8.42 Å². The van der Waals surface area contributed by atoms with Gasteiger partial charge in [0, 0.05) is 12.6 Å². The summed E-state index contributed by atoms with van der Waals surface area (Å²) in [5.41, 5.74) is 1.25. The van der Waals surface area contributed by atoms with Gasteiger partial charge < -0.3 is 0 Å². The highest BCUT2D eigenvalue weighted by Crippen LogP contribution is 2.18. The van der Waals surface area contributed by atoms with Gasteiger partial charge in [-0.3, -0.25) is 4.90 Å². The molecule has 24 heavy (non-hydrogen) atoms. The number of nitrogens with zero attached hydrogens (tertiary/aromatic N) is 1. The van der Waals surface area contributed by atoms with E-state index in [-0.39, 0.29) is 6.04 Å². The van der Waals surface area contributed by atoms with Crippen molar-refractivity contribution in [1.29, 1.82) is 0 Å². The first-order chi connectivity index (χ1) is 11.6. The summed E-state index contributed by atoms with van der Waals surface area (Å²) in [5.74, 6) is 0. The standard InChI is InChI=1S/C18H24N2O2S2/c21-24(22,18-10-7-13-23-18)19-15-17(20-11-5-2-6-12-20)14-16-8-3-1-4-9-16/h1,3-4,7-10,13,17,19H,2,5-6,11-12,14-15H2. The van der Waals surface area contributed by atoms with Crippen LogP contribution in [-0.4, -0.2) is 39.0 Å². The second-order valence-corrected chi connectivity index (χ2v) is 9.17. The summed E-state index contributed by atoms with van der Waals surface area (Å²) in [6, 6.07) is 13.9. The Bertz CT molecular complexity index is 709. The zero-order chi connectivity index (χ0) is 16.8. The lowest BCUT2D eigenvalue weighted by Crippen LogP contribution is -2.47. The van der Waals surface area contributed by atoms with Crippen molar-refractivity contribution in [3.8, 4) is 0 Å². The van der Waals surface area contributed by atoms with E-state index in [4.69, 9.17) is 0 Å². The summed E-state index contributed by atoms with van der Waals surface area (Å²) in [7, 11) is -3.40. The van der Waals surface area contributed by atoms with Crippen molar-refractivity contribution in [2.24, 2.45) is 0 Å². The molecule has 1 N–H and O–H groups in total. The first-order valence-electron chi connectivity index (χ1n) is 8.46. The molecule has 0 amide bonds. The van der Waals surface area contributed by atoms with Crippen molar-refractivity contribution in [2.45, 2.75) is 35.9 Å². The molecule has 2 aromatic rings. The second kappa shape index (κ2) is 8.25. The van der Waals surface area contributed by atoms with Crippen LogP contribution < -0.4 is 4.72 Å². The maximum absolute atomic E-state index is 12.4. The predicted octanol–water partition coefficient (Wildman–Crippen LogP) is 3.12. The molecule has 6 heteroatoms. The minimum atomic E-state index is -3.40. The lowest BCUT2D eigenvalue weighted by molar-refractivity contribution is 0.163. The number of nitrogens with one attached hydrogen (secondary N) is 1. The van der Waals surface area contributed by atoms with Gasteiger partial charge >= 0.3 is 0 Å². The SMILES string of the molecule is O=S(=O)(NCC(Cc1ccccc1)N1CCCCC1)c1cccs1. The summed E-state index contributed by atoms with van der Waals surface area (Å²) < 4.78 is 28.0. The summed E-state index contributed by atoms with van der Waals surface area (Å²) in [6.07, 6.45) is 4.54. The lowest BCUT2D eigenvalue weighted by Gasteiger charge is -2.34. The fourth-order valence-electron chi connectivity index (χ4n) is 3.19. The second-order valence-electron chi connectivity index (χ2n) is 6.22. The molecule has 0 saturated carbocycles. The van der Waals surface area contributed by atoms with Crippen LogP contribution in [0.1, 0.15) is 24.8 Å². The normalized spacial score (nSPS) is 17.7. The Kier molecular flexibility index (Phi) is 6.05. The van der Waals surface area contributed by atoms with Crippen molar-refractivity contribution in [3.63, 3.8) is 0 Å². The highest BCUT2D eigenvalue weighted by Gasteiger charge is 2.24. The van der Waals surface area contributed by atoms with Gasteiger partial charge in [-0.15, -0.1) is 11.3 Å². The van der Waals surface area contributed by atoms with Crippen LogP contribution in [0.25, 0.3) is 0 Å². The van der Waals surface area contributed by atoms with Crippen LogP contribution in [0.15, 0.2) is 52.1 Å². The van der Waals surface area contributed by atoms with E-state index in [9.17, 15) is 8.42 Å². The molecule has 2 heterocycles. The lowest BCUT2D eigenvalue weighted by atomic mass is 10.0. The molecule has 1 aliphatic rings. The van der Waals surface area contributed by atoms with E-state index in [1.807, 2.05) is 18.2 Å². The number of hydrogen-bond acceptors (Lipinski definition) is 4. The van der Waals surface area contributed by atoms with E-state index in [2.05, 4.69) is 21.8 Å². The molecule has 1 fully saturated rings. The number of likely N-dealkylation sites (tertiary alicyclic amines) is 1. The van der Waals surface area contributed by atoms with Gasteiger partial charge in [0.1, 0.15) is 4.21 Å². The van der Waals surface area contributed by atoms with Crippen LogP contribution in [0.5, 0.6) is 0 Å². The van der Waals surface area contributed by atoms with Gasteiger partial charge in [0.05, 0.1) is 0 Å². The Hall–Kier alpha value is -1.21. The van der Waals surface area contributed by atoms with E-state index in [1.165, 1.54) is 36.2 Å². The molecule has 0 bridgehead atoms. The molecule has 0 radical (unpaired) electrons. The van der Waals surface area contributed by atoms with Gasteiger partial charge in [-0.1, -0.05) is 42.8 Å². The number of thiophene rings is 1. The number of hydrogen-bond donors (Lipinski definition) is 1. The average Bonchev–Trinajstić information content (AvgIpc) is 3.16. The molecular formula is C18H24N2O2S2. The largest absolute Gasteiger partial charge is 0.299 e. The molecule has 0 aliphatic carbocycles. The Morgan fingerprint density at radius 2 is 1.79 bits per heavy atom. The Morgan fingerprint density at radius 3 is 2.46 bits per heavy atom. The molecule has 3 rings (SSSR count). The van der Waals surface area contributed by atoms with Crippen LogP contribution >= 0.6 is 11.3 Å². The summed E-state index contributed by atoms with van der Waals surface area (Å²) in [5, 5.41) is 1.79. The van der Waals surface area contributed by atoms with Crippen molar-refractivity contribution in [2.75, 3.05) is 19.6 Å². The molecule has 1 saturated heterocycles. The van der Waals surface area contributed by atoms with Crippen LogP contribution in [0.3, 0.4) is 0 Å². The van der Waals surface area contributed by atoms with Crippen LogP contribution in [0.4, 0.5) is 0 Å². The van der Waals surface area contributed by atoms with Crippen LogP contribution in [0, 0.1) is 0 Å². The third-order valence-corrected chi connectivity index (χ3v) is 7.31. The Morgan fingerprint density at radius 1 is 1.04 bits per heavy atom. The molecule has 1 aromatic carbocycles. The minimum Gasteiger partial charge on any atom is -0.299 e. The van der Waals surface area contributed by atoms with Crippen molar-refractivity contribution in [1.82, 2.24) is 9.62 Å². The number of piperidine rings is 1. The van der Waals surface area contributed by atoms with Crippen molar-refractivity contribution >= 4 is 21.4 Å². The number of benzene rings is 1. The van der Waals surface area contributed by atoms with Gasteiger partial charge in [-0.25, -0.2) is 13.1 Å². The maximum atomic E-state index is 12.4. The van der Waals surface area contributed by atoms with E-state index in [1.54, 1.807) is 17.5 Å². The van der Waals surface area contributed by atoms with Crippen molar-refractivity contribution in [3.05, 3.63) is 53.4 Å². The average molecular weight is 365 g/mol. The predicted molar refractivity (Wildman–Crippen MR) is 98.9 cm³/mol. The zero-order valence-corrected chi connectivity index (χ0v) is 15.4. The topological polar surface area (TPSA) is 49.4 Å². The first kappa shape index (κ1) is 17.6. The number of rotatable bonds is 7. The molecule has 0 spiro atoms. The Labute approximate surface area is 148 Å². The van der Waals surface area contributed by atoms with Gasteiger partial charge in [0.25, 0.3) is 0 Å². The van der Waals surface area contributed by atoms with E-state index < -0.39 is 10.0 Å². The van der Waals surface area contributed by atoms with E-state index >= 15 is 0 Å². The Balaban J connectivity index is 1.69. The fraction of sp³-hybridized carbons (Fsp3) is 0.444. The maximum Gasteiger partial charge on any atom is 0.250 e. The molecule has 1 unspecified atom stereocenters. The molecule has 4 nitrogen and oxygen atoms in total. The van der Waals surface area contributed by atoms with E-state index in [0.29, 0.717) is 10.8 Å². The van der Waals surface area contributed by atoms with E-state index in [0.717, 1.165) is 19.5 Å². The van der Waals surface area contributed by atoms with Gasteiger partial charge in [0.15, 0.2) is 0 Å². The van der Waals surface area contributed by atoms with Gasteiger partial charge in [0.2, 0.25) is 10.0 Å². The highest BCUT2D eigenvalue weighted by atomic mass is 32.2. The third kappa shape index (κ3) is 4.66. The fourth-order valence-corrected chi connectivity index (χ4v) is 5.30. The van der Waals surface area contributed by atoms with Gasteiger partial charge in [-0.05, 0) is 49.4 Å². The molecule has 1 atom stereocenters. The minimum absolute atomic E-state index is 0.197. The quantitative estimate of drug-likeness (QED) is 0.821. The number of sulfonamides is 1. The summed E-state index contributed by atoms with van der Waals surface area (Å²) in [4.78, 5) is 2.44. The molecule has 130 valence electrons. The third-order valence-electron chi connectivity index (χ3n) is 4.49. The first-order valence-corrected chi connectivity index (χ1v) is 10.8. The van der Waals surface area contributed by atoms with Crippen LogP contribution in [-0.2, 0) is 16.4 Å². The van der Waals surface area contributed by atoms with Crippen LogP contribution in [0.2, 0.25) is 0 Å². The molecule has 1 aliphatic heterocycles.